The molecule has 4 aromatic rings. The predicted octanol–water partition coefficient (Wildman–Crippen LogP) is 4.60. The second-order valence-corrected chi connectivity index (χ2v) is 7.86. The van der Waals surface area contributed by atoms with Crippen molar-refractivity contribution in [1.29, 1.82) is 0 Å². The lowest BCUT2D eigenvalue weighted by molar-refractivity contribution is 0.393. The summed E-state index contributed by atoms with van der Waals surface area (Å²) in [7, 11) is 1.65. The zero-order valence-corrected chi connectivity index (χ0v) is 17.3. The first-order valence-corrected chi connectivity index (χ1v) is 10.2. The van der Waals surface area contributed by atoms with Gasteiger partial charge < -0.3 is 13.8 Å². The van der Waals surface area contributed by atoms with E-state index in [0.29, 0.717) is 24.0 Å². The third kappa shape index (κ3) is 3.00. The highest BCUT2D eigenvalue weighted by molar-refractivity contribution is 6.00. The first-order chi connectivity index (χ1) is 14.6. The normalized spacial score (nSPS) is 13.7. The van der Waals surface area contributed by atoms with Crippen molar-refractivity contribution in [2.75, 3.05) is 7.11 Å². The summed E-state index contributed by atoms with van der Waals surface area (Å²) in [6.45, 7) is 4.18. The van der Waals surface area contributed by atoms with Gasteiger partial charge in [0.15, 0.2) is 0 Å². The molecule has 1 fully saturated rings. The lowest BCUT2D eigenvalue weighted by Gasteiger charge is -2.19. The van der Waals surface area contributed by atoms with Gasteiger partial charge >= 0.3 is 0 Å². The zero-order valence-electron chi connectivity index (χ0n) is 17.3. The molecule has 0 saturated heterocycles. The number of methoxy groups -OCH3 is 1. The van der Waals surface area contributed by atoms with Gasteiger partial charge in [0, 0.05) is 17.6 Å². The molecule has 30 heavy (non-hydrogen) atoms. The van der Waals surface area contributed by atoms with E-state index in [1.54, 1.807) is 23.9 Å². The molecule has 6 nitrogen and oxygen atoms in total. The van der Waals surface area contributed by atoms with E-state index in [1.165, 1.54) is 0 Å². The van der Waals surface area contributed by atoms with Crippen molar-refractivity contribution in [1.82, 2.24) is 14.7 Å². The number of rotatable bonds is 5. The average Bonchev–Trinajstić information content (AvgIpc) is 3.55. The minimum Gasteiger partial charge on any atom is -0.496 e. The molecule has 0 amide bonds. The quantitative estimate of drug-likeness (QED) is 0.489. The summed E-state index contributed by atoms with van der Waals surface area (Å²) in [5.74, 6) is 1.83. The van der Waals surface area contributed by atoms with Crippen LogP contribution in [0.15, 0.2) is 51.9 Å². The fourth-order valence-electron chi connectivity index (χ4n) is 4.28. The first kappa shape index (κ1) is 18.6. The van der Waals surface area contributed by atoms with Gasteiger partial charge in [-0.1, -0.05) is 11.2 Å². The molecule has 5 rings (SSSR count). The molecule has 152 valence electrons. The maximum atomic E-state index is 13.3. The lowest BCUT2D eigenvalue weighted by Crippen LogP contribution is -2.22. The van der Waals surface area contributed by atoms with Gasteiger partial charge in [0.1, 0.15) is 11.5 Å². The molecule has 1 aromatic carbocycles. The number of aryl methyl sites for hydroxylation is 2. The Bertz CT molecular complexity index is 1280. The summed E-state index contributed by atoms with van der Waals surface area (Å²) in [6.07, 6.45) is 3.98. The van der Waals surface area contributed by atoms with E-state index in [2.05, 4.69) is 16.2 Å². The van der Waals surface area contributed by atoms with Crippen LogP contribution in [-0.2, 0) is 6.54 Å². The highest BCUT2D eigenvalue weighted by Gasteiger charge is 2.29. The topological polar surface area (TPSA) is 70.2 Å². The molecule has 0 spiro atoms. The van der Waals surface area contributed by atoms with Gasteiger partial charge in [-0.15, -0.1) is 0 Å². The van der Waals surface area contributed by atoms with Crippen molar-refractivity contribution < 1.29 is 9.26 Å². The van der Waals surface area contributed by atoms with Crippen molar-refractivity contribution in [3.8, 4) is 16.9 Å². The molecule has 0 unspecified atom stereocenters. The standard InChI is InChI=1S/C24H23N3O3/c1-14-22(15(2)30-26-14)23-20(29-3)10-9-18-19(16-7-8-16)12-21(28)27(24(18)23)13-17-6-4-5-11-25-17/h4-6,9-12,16H,7-8,13H2,1-3H3. The third-order valence-electron chi connectivity index (χ3n) is 5.83. The lowest BCUT2D eigenvalue weighted by atomic mass is 9.95. The Hall–Kier alpha value is -3.41. The van der Waals surface area contributed by atoms with Gasteiger partial charge in [-0.05, 0) is 62.4 Å². The molecule has 1 aliphatic rings. The molecule has 0 aliphatic heterocycles. The van der Waals surface area contributed by atoms with Gasteiger partial charge in [0.25, 0.3) is 5.56 Å². The summed E-state index contributed by atoms with van der Waals surface area (Å²) in [6, 6.07) is 11.6. The van der Waals surface area contributed by atoms with E-state index in [4.69, 9.17) is 9.26 Å². The minimum absolute atomic E-state index is 0.0312. The number of benzene rings is 1. The Kier molecular flexibility index (Phi) is 4.42. The Labute approximate surface area is 174 Å². The first-order valence-electron chi connectivity index (χ1n) is 10.2. The number of ether oxygens (including phenoxy) is 1. The van der Waals surface area contributed by atoms with Crippen molar-refractivity contribution >= 4 is 10.9 Å². The molecule has 3 aromatic heterocycles. The summed E-state index contributed by atoms with van der Waals surface area (Å²) in [4.78, 5) is 17.8. The zero-order chi connectivity index (χ0) is 20.8. The van der Waals surface area contributed by atoms with E-state index in [-0.39, 0.29) is 5.56 Å². The van der Waals surface area contributed by atoms with Crippen molar-refractivity contribution in [3.05, 3.63) is 75.7 Å². The number of hydrogen-bond donors (Lipinski definition) is 0. The van der Waals surface area contributed by atoms with Gasteiger partial charge in [-0.2, -0.15) is 0 Å². The second-order valence-electron chi connectivity index (χ2n) is 7.86. The Balaban J connectivity index is 1.90. The number of fused-ring (bicyclic) bond motifs is 1. The van der Waals surface area contributed by atoms with Crippen LogP contribution in [0.2, 0.25) is 0 Å². The van der Waals surface area contributed by atoms with E-state index >= 15 is 0 Å². The smallest absolute Gasteiger partial charge is 0.251 e. The summed E-state index contributed by atoms with van der Waals surface area (Å²) in [5.41, 5.74) is 5.25. The molecule has 0 bridgehead atoms. The van der Waals surface area contributed by atoms with E-state index in [9.17, 15) is 4.79 Å². The van der Waals surface area contributed by atoms with Crippen molar-refractivity contribution in [3.63, 3.8) is 0 Å². The van der Waals surface area contributed by atoms with Crippen LogP contribution in [0.25, 0.3) is 22.0 Å². The van der Waals surface area contributed by atoms with Gasteiger partial charge in [0.2, 0.25) is 0 Å². The third-order valence-corrected chi connectivity index (χ3v) is 5.83. The van der Waals surface area contributed by atoms with Crippen LogP contribution < -0.4 is 10.3 Å². The van der Waals surface area contributed by atoms with Crippen LogP contribution >= 0.6 is 0 Å². The molecule has 3 heterocycles. The number of pyridine rings is 2. The van der Waals surface area contributed by atoms with Crippen molar-refractivity contribution in [2.45, 2.75) is 39.2 Å². The fraction of sp³-hybridized carbons (Fsp3) is 0.292. The Morgan fingerprint density at radius 3 is 2.63 bits per heavy atom. The summed E-state index contributed by atoms with van der Waals surface area (Å²) < 4.78 is 13.0. The van der Waals surface area contributed by atoms with Crippen molar-refractivity contribution in [2.24, 2.45) is 0 Å². The minimum atomic E-state index is -0.0312. The SMILES string of the molecule is COc1ccc2c(C3CC3)cc(=O)n(Cc3ccccn3)c2c1-c1c(C)noc1C. The molecule has 0 N–H and O–H groups in total. The Morgan fingerprint density at radius 1 is 1.17 bits per heavy atom. The molecule has 0 radical (unpaired) electrons. The van der Waals surface area contributed by atoms with Crippen LogP contribution in [0.3, 0.4) is 0 Å². The van der Waals surface area contributed by atoms with E-state index in [0.717, 1.165) is 51.8 Å². The maximum Gasteiger partial charge on any atom is 0.251 e. The van der Waals surface area contributed by atoms with Gasteiger partial charge in [0.05, 0.1) is 41.7 Å². The molecule has 6 heteroatoms. The summed E-state index contributed by atoms with van der Waals surface area (Å²) >= 11 is 0. The highest BCUT2D eigenvalue weighted by Crippen LogP contribution is 2.46. The van der Waals surface area contributed by atoms with E-state index in [1.807, 2.05) is 38.1 Å². The van der Waals surface area contributed by atoms with Gasteiger partial charge in [-0.3, -0.25) is 9.78 Å². The van der Waals surface area contributed by atoms with Gasteiger partial charge in [-0.25, -0.2) is 0 Å². The summed E-state index contributed by atoms with van der Waals surface area (Å²) in [5, 5.41) is 5.22. The largest absolute Gasteiger partial charge is 0.496 e. The molecular formula is C24H23N3O3. The number of aromatic nitrogens is 3. The monoisotopic (exact) mass is 401 g/mol. The van der Waals surface area contributed by atoms with Crippen LogP contribution in [0, 0.1) is 13.8 Å². The average molecular weight is 401 g/mol. The van der Waals surface area contributed by atoms with Crippen LogP contribution in [0.5, 0.6) is 5.75 Å². The molecular weight excluding hydrogens is 378 g/mol. The molecule has 1 aliphatic carbocycles. The van der Waals surface area contributed by atoms with Crippen LogP contribution in [0.4, 0.5) is 0 Å². The number of hydrogen-bond acceptors (Lipinski definition) is 5. The Morgan fingerprint density at radius 2 is 2.00 bits per heavy atom. The predicted molar refractivity (Wildman–Crippen MR) is 115 cm³/mol. The highest BCUT2D eigenvalue weighted by atomic mass is 16.5. The van der Waals surface area contributed by atoms with E-state index < -0.39 is 0 Å². The molecule has 0 atom stereocenters. The van der Waals surface area contributed by atoms with Crippen LogP contribution in [0.1, 0.15) is 41.5 Å². The van der Waals surface area contributed by atoms with Crippen LogP contribution in [-0.4, -0.2) is 21.8 Å². The molecule has 1 saturated carbocycles. The number of nitrogens with zero attached hydrogens (tertiary/aromatic N) is 3. The second kappa shape index (κ2) is 7.13. The fourth-order valence-corrected chi connectivity index (χ4v) is 4.28. The maximum absolute atomic E-state index is 13.3.